The van der Waals surface area contributed by atoms with Gasteiger partial charge in [-0.15, -0.1) is 0 Å². The monoisotopic (exact) mass is 245 g/mol. The van der Waals surface area contributed by atoms with E-state index in [1.807, 2.05) is 0 Å². The molecule has 13 heavy (non-hydrogen) atoms. The lowest BCUT2D eigenvalue weighted by Crippen LogP contribution is -2.19. The predicted molar refractivity (Wildman–Crippen MR) is 53.4 cm³/mol. The molecular formula is C9H9BrFNO. The summed E-state index contributed by atoms with van der Waals surface area (Å²) >= 11 is 3.13. The van der Waals surface area contributed by atoms with Crippen molar-refractivity contribution in [2.24, 2.45) is 0 Å². The van der Waals surface area contributed by atoms with E-state index in [0.717, 1.165) is 0 Å². The smallest absolute Gasteiger partial charge is 0.237 e. The van der Waals surface area contributed by atoms with E-state index in [1.165, 1.54) is 24.3 Å². The van der Waals surface area contributed by atoms with E-state index in [-0.39, 0.29) is 16.6 Å². The average molecular weight is 246 g/mol. The Balaban J connectivity index is 2.65. The van der Waals surface area contributed by atoms with Gasteiger partial charge in [-0.1, -0.05) is 15.9 Å². The Labute approximate surface area is 84.3 Å². The van der Waals surface area contributed by atoms with Crippen molar-refractivity contribution in [2.75, 3.05) is 5.32 Å². The second-order valence-corrected chi connectivity index (χ2v) is 3.99. The van der Waals surface area contributed by atoms with E-state index in [2.05, 4.69) is 21.2 Å². The van der Waals surface area contributed by atoms with Gasteiger partial charge in [0.05, 0.1) is 4.83 Å². The molecule has 1 rings (SSSR count). The first kappa shape index (κ1) is 10.2. The lowest BCUT2D eigenvalue weighted by Gasteiger charge is -2.05. The second kappa shape index (κ2) is 4.37. The van der Waals surface area contributed by atoms with Crippen LogP contribution in [0.25, 0.3) is 0 Å². The molecule has 0 spiro atoms. The van der Waals surface area contributed by atoms with Crippen molar-refractivity contribution < 1.29 is 9.18 Å². The summed E-state index contributed by atoms with van der Waals surface area (Å²) in [5.41, 5.74) is 0.595. The number of carbonyl (C=O) groups is 1. The molecule has 0 fully saturated rings. The van der Waals surface area contributed by atoms with Crippen molar-refractivity contribution >= 4 is 27.5 Å². The highest BCUT2D eigenvalue weighted by molar-refractivity contribution is 9.10. The molecule has 70 valence electrons. The standard InChI is InChI=1S/C9H9BrFNO/c1-6(10)9(13)12-8-4-2-7(11)3-5-8/h2-6H,1H3,(H,12,13)/t6-/m0/s1. The summed E-state index contributed by atoms with van der Waals surface area (Å²) < 4.78 is 12.5. The fourth-order valence-corrected chi connectivity index (χ4v) is 0.889. The molecule has 1 atom stereocenters. The van der Waals surface area contributed by atoms with Crippen molar-refractivity contribution in [2.45, 2.75) is 11.8 Å². The Kier molecular flexibility index (Phi) is 3.42. The maximum absolute atomic E-state index is 12.5. The number of halogens is 2. The predicted octanol–water partition coefficient (Wildman–Crippen LogP) is 2.55. The van der Waals surface area contributed by atoms with E-state index >= 15 is 0 Å². The summed E-state index contributed by atoms with van der Waals surface area (Å²) in [5.74, 6) is -0.462. The Morgan fingerprint density at radius 1 is 1.46 bits per heavy atom. The largest absolute Gasteiger partial charge is 0.325 e. The first-order valence-corrected chi connectivity index (χ1v) is 4.71. The number of alkyl halides is 1. The van der Waals surface area contributed by atoms with Gasteiger partial charge in [0.1, 0.15) is 5.82 Å². The topological polar surface area (TPSA) is 29.1 Å². The van der Waals surface area contributed by atoms with Crippen LogP contribution in [0, 0.1) is 5.82 Å². The van der Waals surface area contributed by atoms with Gasteiger partial charge in [0.25, 0.3) is 0 Å². The van der Waals surface area contributed by atoms with Crippen molar-refractivity contribution in [1.82, 2.24) is 0 Å². The Morgan fingerprint density at radius 3 is 2.46 bits per heavy atom. The van der Waals surface area contributed by atoms with E-state index < -0.39 is 0 Å². The molecule has 0 radical (unpaired) electrons. The van der Waals surface area contributed by atoms with E-state index in [1.54, 1.807) is 6.92 Å². The van der Waals surface area contributed by atoms with Crippen LogP contribution in [0.5, 0.6) is 0 Å². The third kappa shape index (κ3) is 3.14. The lowest BCUT2D eigenvalue weighted by molar-refractivity contribution is -0.115. The number of rotatable bonds is 2. The molecule has 1 amide bonds. The number of nitrogens with one attached hydrogen (secondary N) is 1. The van der Waals surface area contributed by atoms with Crippen LogP contribution in [-0.4, -0.2) is 10.7 Å². The van der Waals surface area contributed by atoms with Crippen LogP contribution in [0.3, 0.4) is 0 Å². The zero-order valence-corrected chi connectivity index (χ0v) is 8.64. The summed E-state index contributed by atoms with van der Waals surface area (Å²) in [6, 6.07) is 5.63. The van der Waals surface area contributed by atoms with Gasteiger partial charge in [0.15, 0.2) is 0 Å². The van der Waals surface area contributed by atoms with E-state index in [4.69, 9.17) is 0 Å². The molecule has 0 bridgehead atoms. The minimum absolute atomic E-state index is 0.147. The summed E-state index contributed by atoms with van der Waals surface area (Å²) in [5, 5.41) is 2.62. The molecule has 0 saturated carbocycles. The highest BCUT2D eigenvalue weighted by Crippen LogP contribution is 2.10. The highest BCUT2D eigenvalue weighted by atomic mass is 79.9. The van der Waals surface area contributed by atoms with Gasteiger partial charge in [-0.3, -0.25) is 4.79 Å². The molecule has 0 aliphatic heterocycles. The van der Waals surface area contributed by atoms with Crippen LogP contribution in [0.2, 0.25) is 0 Å². The van der Waals surface area contributed by atoms with Crippen LogP contribution in [0.1, 0.15) is 6.92 Å². The van der Waals surface area contributed by atoms with Crippen molar-refractivity contribution in [3.63, 3.8) is 0 Å². The van der Waals surface area contributed by atoms with Crippen LogP contribution in [-0.2, 0) is 4.79 Å². The van der Waals surface area contributed by atoms with Crippen LogP contribution >= 0.6 is 15.9 Å². The zero-order chi connectivity index (χ0) is 9.84. The van der Waals surface area contributed by atoms with Gasteiger partial charge in [0.2, 0.25) is 5.91 Å². The molecule has 0 unspecified atom stereocenters. The SMILES string of the molecule is C[C@H](Br)C(=O)Nc1ccc(F)cc1. The van der Waals surface area contributed by atoms with E-state index in [0.29, 0.717) is 5.69 Å². The van der Waals surface area contributed by atoms with Gasteiger partial charge in [-0.2, -0.15) is 0 Å². The molecule has 1 aromatic rings. The number of hydrogen-bond donors (Lipinski definition) is 1. The van der Waals surface area contributed by atoms with Gasteiger partial charge in [-0.25, -0.2) is 4.39 Å². The van der Waals surface area contributed by atoms with Crippen molar-refractivity contribution in [3.05, 3.63) is 30.1 Å². The average Bonchev–Trinajstić information content (AvgIpc) is 2.08. The van der Waals surface area contributed by atoms with Crippen LogP contribution in [0.15, 0.2) is 24.3 Å². The minimum atomic E-state index is -0.315. The summed E-state index contributed by atoms with van der Waals surface area (Å²) in [6.07, 6.45) is 0. The summed E-state index contributed by atoms with van der Waals surface area (Å²) in [6.45, 7) is 1.72. The molecule has 1 N–H and O–H groups in total. The quantitative estimate of drug-likeness (QED) is 0.798. The summed E-state index contributed by atoms with van der Waals surface area (Å²) in [7, 11) is 0. The maximum Gasteiger partial charge on any atom is 0.237 e. The van der Waals surface area contributed by atoms with Crippen molar-refractivity contribution in [1.29, 1.82) is 0 Å². The van der Waals surface area contributed by atoms with Gasteiger partial charge in [-0.05, 0) is 31.2 Å². The van der Waals surface area contributed by atoms with Crippen molar-refractivity contribution in [3.8, 4) is 0 Å². The highest BCUT2D eigenvalue weighted by Gasteiger charge is 2.07. The maximum atomic E-state index is 12.5. The Bertz CT molecular complexity index is 297. The molecule has 2 nitrogen and oxygen atoms in total. The minimum Gasteiger partial charge on any atom is -0.325 e. The molecule has 0 heterocycles. The number of benzene rings is 1. The first-order valence-electron chi connectivity index (χ1n) is 3.80. The first-order chi connectivity index (χ1) is 6.09. The Morgan fingerprint density at radius 2 is 2.00 bits per heavy atom. The molecule has 0 aliphatic rings. The molecule has 1 aromatic carbocycles. The van der Waals surface area contributed by atoms with Gasteiger partial charge >= 0.3 is 0 Å². The molecule has 0 aliphatic carbocycles. The zero-order valence-electron chi connectivity index (χ0n) is 7.05. The third-order valence-electron chi connectivity index (χ3n) is 1.47. The summed E-state index contributed by atoms with van der Waals surface area (Å²) in [4.78, 5) is 10.9. The molecule has 4 heteroatoms. The second-order valence-electron chi connectivity index (χ2n) is 2.61. The molecular weight excluding hydrogens is 237 g/mol. The number of carbonyl (C=O) groups excluding carboxylic acids is 1. The van der Waals surface area contributed by atoms with E-state index in [9.17, 15) is 9.18 Å². The fourth-order valence-electron chi connectivity index (χ4n) is 0.775. The Hall–Kier alpha value is -0.900. The normalized spacial score (nSPS) is 12.2. The fraction of sp³-hybridized carbons (Fsp3) is 0.222. The number of hydrogen-bond acceptors (Lipinski definition) is 1. The number of amides is 1. The van der Waals surface area contributed by atoms with Gasteiger partial charge < -0.3 is 5.32 Å². The van der Waals surface area contributed by atoms with Crippen LogP contribution < -0.4 is 5.32 Å². The van der Waals surface area contributed by atoms with Gasteiger partial charge in [0, 0.05) is 5.69 Å². The molecule has 0 aromatic heterocycles. The lowest BCUT2D eigenvalue weighted by atomic mass is 10.3. The third-order valence-corrected chi connectivity index (χ3v) is 1.89. The number of anilines is 1. The van der Waals surface area contributed by atoms with Crippen LogP contribution in [0.4, 0.5) is 10.1 Å². The molecule has 0 saturated heterocycles.